The normalized spacial score (nSPS) is 16.7. The number of hydrogen-bond acceptors (Lipinski definition) is 5. The molecule has 5 rings (SSSR count). The van der Waals surface area contributed by atoms with Gasteiger partial charge in [0, 0.05) is 35.7 Å². The lowest BCUT2D eigenvalue weighted by molar-refractivity contribution is 0.187. The fourth-order valence-corrected chi connectivity index (χ4v) is 3.94. The Morgan fingerprint density at radius 1 is 1.21 bits per heavy atom. The van der Waals surface area contributed by atoms with E-state index < -0.39 is 0 Å². The zero-order chi connectivity index (χ0) is 20.0. The number of aryl methyl sites for hydroxylation is 2. The summed E-state index contributed by atoms with van der Waals surface area (Å²) in [6.45, 7) is 6.63. The summed E-state index contributed by atoms with van der Waals surface area (Å²) in [5.41, 5.74) is 5.39. The topological polar surface area (TPSA) is 80.2 Å². The van der Waals surface area contributed by atoms with Crippen LogP contribution in [0.2, 0.25) is 0 Å². The third-order valence-corrected chi connectivity index (χ3v) is 5.58. The fraction of sp³-hybridized carbons (Fsp3) is 0.304. The summed E-state index contributed by atoms with van der Waals surface area (Å²) < 4.78 is 11.2. The largest absolute Gasteiger partial charge is 0.449 e. The van der Waals surface area contributed by atoms with Gasteiger partial charge < -0.3 is 19.5 Å². The summed E-state index contributed by atoms with van der Waals surface area (Å²) in [5, 5.41) is 4.35. The number of ether oxygens (including phenoxy) is 1. The molecule has 6 heteroatoms. The van der Waals surface area contributed by atoms with Gasteiger partial charge in [-0.1, -0.05) is 11.6 Å². The van der Waals surface area contributed by atoms with E-state index in [2.05, 4.69) is 16.4 Å². The highest BCUT2D eigenvalue weighted by molar-refractivity contribution is 6.02. The number of hydrogen-bond donors (Lipinski definition) is 2. The van der Waals surface area contributed by atoms with Crippen LogP contribution < -0.4 is 10.9 Å². The van der Waals surface area contributed by atoms with Crippen LogP contribution in [0.3, 0.4) is 0 Å². The first-order valence-corrected chi connectivity index (χ1v) is 9.94. The van der Waals surface area contributed by atoms with E-state index in [4.69, 9.17) is 14.1 Å². The van der Waals surface area contributed by atoms with Crippen LogP contribution in [0.15, 0.2) is 45.6 Å². The maximum atomic E-state index is 12.6. The van der Waals surface area contributed by atoms with E-state index in [1.807, 2.05) is 44.2 Å². The van der Waals surface area contributed by atoms with Crippen LogP contribution in [0.5, 0.6) is 0 Å². The molecule has 4 aromatic rings. The maximum absolute atomic E-state index is 12.6. The summed E-state index contributed by atoms with van der Waals surface area (Å²) in [6.07, 6.45) is 1.10. The Labute approximate surface area is 167 Å². The molecular formula is C23H23N3O3. The van der Waals surface area contributed by atoms with Gasteiger partial charge in [0.1, 0.15) is 16.9 Å². The predicted octanol–water partition coefficient (Wildman–Crippen LogP) is 4.40. The summed E-state index contributed by atoms with van der Waals surface area (Å²) in [4.78, 5) is 20.3. The van der Waals surface area contributed by atoms with Crippen LogP contribution in [0, 0.1) is 19.8 Å². The third-order valence-electron chi connectivity index (χ3n) is 5.58. The molecule has 0 amide bonds. The highest BCUT2D eigenvalue weighted by Gasteiger charge is 2.17. The smallest absolute Gasteiger partial charge is 0.294 e. The van der Waals surface area contributed by atoms with Gasteiger partial charge in [-0.25, -0.2) is 4.98 Å². The van der Waals surface area contributed by atoms with Crippen molar-refractivity contribution in [3.05, 3.63) is 57.9 Å². The number of benzene rings is 2. The van der Waals surface area contributed by atoms with E-state index in [0.29, 0.717) is 22.8 Å². The first-order valence-electron chi connectivity index (χ1n) is 9.94. The first-order chi connectivity index (χ1) is 14.1. The molecule has 6 nitrogen and oxygen atoms in total. The fourth-order valence-electron chi connectivity index (χ4n) is 3.94. The molecule has 0 saturated carbocycles. The molecule has 1 unspecified atom stereocenters. The van der Waals surface area contributed by atoms with Crippen molar-refractivity contribution in [2.24, 2.45) is 5.92 Å². The standard InChI is InChI=1S/C23H23N3O3/c1-13-3-6-19-18(9-13)20-21(29-19)23(27)26-22(25-20)17-5-4-16(10-14(17)2)24-11-15-7-8-28-12-15/h3-6,9-10,15,24H,7-8,11-12H2,1-2H3,(H,25,26,27). The number of rotatable bonds is 4. The van der Waals surface area contributed by atoms with Crippen LogP contribution in [-0.2, 0) is 4.74 Å². The molecule has 3 heterocycles. The lowest BCUT2D eigenvalue weighted by Crippen LogP contribution is -2.14. The Kier molecular flexibility index (Phi) is 4.36. The molecule has 1 fully saturated rings. The molecule has 1 saturated heterocycles. The molecule has 0 radical (unpaired) electrons. The van der Waals surface area contributed by atoms with E-state index in [1.165, 1.54) is 0 Å². The minimum absolute atomic E-state index is 0.262. The second-order valence-corrected chi connectivity index (χ2v) is 7.83. The second kappa shape index (κ2) is 7.04. The van der Waals surface area contributed by atoms with E-state index in [9.17, 15) is 4.79 Å². The molecule has 0 aliphatic carbocycles. The van der Waals surface area contributed by atoms with Gasteiger partial charge in [-0.2, -0.15) is 0 Å². The van der Waals surface area contributed by atoms with Crippen LogP contribution in [-0.4, -0.2) is 29.7 Å². The van der Waals surface area contributed by atoms with Crippen molar-refractivity contribution in [2.75, 3.05) is 25.1 Å². The van der Waals surface area contributed by atoms with Crippen molar-refractivity contribution in [2.45, 2.75) is 20.3 Å². The van der Waals surface area contributed by atoms with Crippen molar-refractivity contribution in [1.82, 2.24) is 9.97 Å². The molecule has 2 N–H and O–H groups in total. The van der Waals surface area contributed by atoms with Gasteiger partial charge in [0.25, 0.3) is 5.56 Å². The molecule has 1 aliphatic rings. The zero-order valence-electron chi connectivity index (χ0n) is 16.5. The first kappa shape index (κ1) is 17.9. The second-order valence-electron chi connectivity index (χ2n) is 7.83. The van der Waals surface area contributed by atoms with E-state index >= 15 is 0 Å². The SMILES string of the molecule is Cc1ccc2oc3c(=O)[nH]c(-c4ccc(NCC5CCOC5)cc4C)nc3c2c1. The number of fused-ring (bicyclic) bond motifs is 3. The van der Waals surface area contributed by atoms with Gasteiger partial charge in [0.15, 0.2) is 0 Å². The van der Waals surface area contributed by atoms with Gasteiger partial charge in [-0.05, 0) is 56.2 Å². The number of nitrogens with one attached hydrogen (secondary N) is 2. The molecule has 0 spiro atoms. The number of furan rings is 1. The van der Waals surface area contributed by atoms with Gasteiger partial charge in [-0.15, -0.1) is 0 Å². The summed E-state index contributed by atoms with van der Waals surface area (Å²) in [7, 11) is 0. The molecule has 2 aromatic carbocycles. The van der Waals surface area contributed by atoms with Gasteiger partial charge in [-0.3, -0.25) is 4.79 Å². The highest BCUT2D eigenvalue weighted by Crippen LogP contribution is 2.29. The molecule has 2 aromatic heterocycles. The summed E-state index contributed by atoms with van der Waals surface area (Å²) in [6, 6.07) is 12.0. The minimum Gasteiger partial charge on any atom is -0.449 e. The minimum atomic E-state index is -0.262. The number of aromatic amines is 1. The molecule has 0 bridgehead atoms. The molecule has 29 heavy (non-hydrogen) atoms. The average Bonchev–Trinajstić information content (AvgIpc) is 3.34. The Bertz CT molecular complexity index is 1270. The van der Waals surface area contributed by atoms with Crippen LogP contribution in [0.4, 0.5) is 5.69 Å². The molecular weight excluding hydrogens is 366 g/mol. The quantitative estimate of drug-likeness (QED) is 0.541. The van der Waals surface area contributed by atoms with Crippen molar-refractivity contribution < 1.29 is 9.15 Å². The van der Waals surface area contributed by atoms with Gasteiger partial charge in [0.05, 0.1) is 6.61 Å². The Morgan fingerprint density at radius 3 is 2.90 bits per heavy atom. The monoisotopic (exact) mass is 389 g/mol. The predicted molar refractivity (Wildman–Crippen MR) is 114 cm³/mol. The van der Waals surface area contributed by atoms with Gasteiger partial charge in [0.2, 0.25) is 5.58 Å². The van der Waals surface area contributed by atoms with Crippen molar-refractivity contribution in [1.29, 1.82) is 0 Å². The Morgan fingerprint density at radius 2 is 2.10 bits per heavy atom. The van der Waals surface area contributed by atoms with E-state index in [1.54, 1.807) is 0 Å². The lowest BCUT2D eigenvalue weighted by atomic mass is 10.1. The average molecular weight is 389 g/mol. The highest BCUT2D eigenvalue weighted by atomic mass is 16.5. The Balaban J connectivity index is 1.52. The lowest BCUT2D eigenvalue weighted by Gasteiger charge is -2.13. The summed E-state index contributed by atoms with van der Waals surface area (Å²) in [5.74, 6) is 1.12. The molecule has 148 valence electrons. The zero-order valence-corrected chi connectivity index (χ0v) is 16.5. The molecule has 1 atom stereocenters. The van der Waals surface area contributed by atoms with Crippen molar-refractivity contribution in [3.63, 3.8) is 0 Å². The molecule has 1 aliphatic heterocycles. The van der Waals surface area contributed by atoms with Crippen LogP contribution >= 0.6 is 0 Å². The number of aromatic nitrogens is 2. The van der Waals surface area contributed by atoms with Crippen molar-refractivity contribution in [3.8, 4) is 11.4 Å². The summed E-state index contributed by atoms with van der Waals surface area (Å²) >= 11 is 0. The van der Waals surface area contributed by atoms with E-state index in [-0.39, 0.29) is 11.1 Å². The Hall–Kier alpha value is -3.12. The number of nitrogens with zero attached hydrogens (tertiary/aromatic N) is 1. The maximum Gasteiger partial charge on any atom is 0.294 e. The van der Waals surface area contributed by atoms with Gasteiger partial charge >= 0.3 is 0 Å². The van der Waals surface area contributed by atoms with Crippen molar-refractivity contribution >= 4 is 27.8 Å². The van der Waals surface area contributed by atoms with E-state index in [0.717, 1.165) is 53.9 Å². The number of H-pyrrole nitrogens is 1. The third kappa shape index (κ3) is 3.29. The van der Waals surface area contributed by atoms with Crippen LogP contribution in [0.1, 0.15) is 17.5 Å². The number of anilines is 1. The van der Waals surface area contributed by atoms with Crippen LogP contribution in [0.25, 0.3) is 33.5 Å².